The number of morpholine rings is 1. The highest BCUT2D eigenvalue weighted by Gasteiger charge is 2.14. The van der Waals surface area contributed by atoms with Gasteiger partial charge in [-0.25, -0.2) is 13.1 Å². The molecule has 0 aliphatic carbocycles. The number of hydrogen-bond acceptors (Lipinski definition) is 6. The summed E-state index contributed by atoms with van der Waals surface area (Å²) < 4.78 is 37.6. The van der Waals surface area contributed by atoms with Crippen LogP contribution in [-0.4, -0.2) is 71.8 Å². The molecule has 1 aromatic rings. The van der Waals surface area contributed by atoms with E-state index in [1.54, 1.807) is 12.1 Å². The van der Waals surface area contributed by atoms with E-state index in [9.17, 15) is 13.2 Å². The van der Waals surface area contributed by atoms with Crippen LogP contribution < -0.4 is 14.8 Å². The van der Waals surface area contributed by atoms with Crippen molar-refractivity contribution in [2.24, 2.45) is 5.92 Å². The van der Waals surface area contributed by atoms with E-state index in [-0.39, 0.29) is 23.3 Å². The monoisotopic (exact) mass is 413 g/mol. The third-order valence-electron chi connectivity index (χ3n) is 4.26. The second-order valence-electron chi connectivity index (χ2n) is 7.16. The molecule has 8 nitrogen and oxygen atoms in total. The van der Waals surface area contributed by atoms with Crippen LogP contribution in [0.1, 0.15) is 20.3 Å². The van der Waals surface area contributed by atoms with Crippen molar-refractivity contribution in [1.82, 2.24) is 14.9 Å². The zero-order chi connectivity index (χ0) is 20.4. The van der Waals surface area contributed by atoms with Crippen LogP contribution in [0.4, 0.5) is 0 Å². The number of nitrogens with one attached hydrogen (secondary N) is 2. The molecule has 2 N–H and O–H groups in total. The van der Waals surface area contributed by atoms with Gasteiger partial charge in [-0.3, -0.25) is 9.69 Å². The van der Waals surface area contributed by atoms with Gasteiger partial charge < -0.3 is 14.8 Å². The maximum absolute atomic E-state index is 12.1. The number of rotatable bonds is 11. The van der Waals surface area contributed by atoms with Gasteiger partial charge in [-0.15, -0.1) is 0 Å². The number of amides is 1. The lowest BCUT2D eigenvalue weighted by molar-refractivity contribution is -0.123. The standard InChI is InChI=1S/C19H31N3O5S/c1-16(2)14-21-28(24,25)18-6-4-17(5-7-18)27-15-19(23)20-8-3-9-22-10-12-26-13-11-22/h4-7,16,21H,3,8-15H2,1-2H3,(H,20,23). The summed E-state index contributed by atoms with van der Waals surface area (Å²) in [6, 6.07) is 6.04. The first-order chi connectivity index (χ1) is 13.4. The van der Waals surface area contributed by atoms with Crippen molar-refractivity contribution < 1.29 is 22.7 Å². The summed E-state index contributed by atoms with van der Waals surface area (Å²) >= 11 is 0. The van der Waals surface area contributed by atoms with Gasteiger partial charge in [-0.1, -0.05) is 13.8 Å². The van der Waals surface area contributed by atoms with Crippen molar-refractivity contribution >= 4 is 15.9 Å². The van der Waals surface area contributed by atoms with Crippen LogP contribution in [0.15, 0.2) is 29.2 Å². The van der Waals surface area contributed by atoms with E-state index >= 15 is 0 Å². The highest BCUT2D eigenvalue weighted by atomic mass is 32.2. The average Bonchev–Trinajstić information content (AvgIpc) is 2.69. The van der Waals surface area contributed by atoms with Gasteiger partial charge in [-0.2, -0.15) is 0 Å². The largest absolute Gasteiger partial charge is 0.484 e. The fourth-order valence-electron chi connectivity index (χ4n) is 2.63. The summed E-state index contributed by atoms with van der Waals surface area (Å²) in [5.41, 5.74) is 0. The normalized spacial score (nSPS) is 15.5. The van der Waals surface area contributed by atoms with Crippen molar-refractivity contribution in [3.63, 3.8) is 0 Å². The van der Waals surface area contributed by atoms with E-state index in [0.717, 1.165) is 39.3 Å². The third kappa shape index (κ3) is 8.14. The fraction of sp³-hybridized carbons (Fsp3) is 0.632. The molecule has 1 saturated heterocycles. The molecule has 0 atom stereocenters. The molecule has 1 amide bonds. The van der Waals surface area contributed by atoms with E-state index in [0.29, 0.717) is 18.8 Å². The highest BCUT2D eigenvalue weighted by Crippen LogP contribution is 2.16. The van der Waals surface area contributed by atoms with E-state index < -0.39 is 10.0 Å². The van der Waals surface area contributed by atoms with Crippen LogP contribution in [0, 0.1) is 5.92 Å². The molecular weight excluding hydrogens is 382 g/mol. The van der Waals surface area contributed by atoms with Crippen molar-refractivity contribution in [1.29, 1.82) is 0 Å². The number of carbonyl (C=O) groups is 1. The van der Waals surface area contributed by atoms with Crippen LogP contribution in [0.3, 0.4) is 0 Å². The van der Waals surface area contributed by atoms with Gasteiger partial charge in [0.1, 0.15) is 5.75 Å². The number of carbonyl (C=O) groups excluding carboxylic acids is 1. The van der Waals surface area contributed by atoms with Crippen LogP contribution in [0.25, 0.3) is 0 Å². The summed E-state index contributed by atoms with van der Waals surface area (Å²) in [7, 11) is -3.52. The van der Waals surface area contributed by atoms with E-state index in [4.69, 9.17) is 9.47 Å². The Bertz CT molecular complexity index is 701. The predicted octanol–water partition coefficient (Wildman–Crippen LogP) is 0.838. The number of benzene rings is 1. The van der Waals surface area contributed by atoms with Crippen LogP contribution >= 0.6 is 0 Å². The van der Waals surface area contributed by atoms with Gasteiger partial charge in [0.2, 0.25) is 10.0 Å². The van der Waals surface area contributed by atoms with Gasteiger partial charge in [0.05, 0.1) is 18.1 Å². The second kappa shape index (κ2) is 11.4. The minimum absolute atomic E-state index is 0.102. The molecule has 0 unspecified atom stereocenters. The Morgan fingerprint density at radius 1 is 1.21 bits per heavy atom. The molecule has 0 saturated carbocycles. The molecule has 1 fully saturated rings. The van der Waals surface area contributed by atoms with E-state index in [1.807, 2.05) is 13.8 Å². The Balaban J connectivity index is 1.67. The molecule has 0 spiro atoms. The first-order valence-corrected chi connectivity index (χ1v) is 11.1. The van der Waals surface area contributed by atoms with Crippen molar-refractivity contribution in [3.8, 4) is 5.75 Å². The van der Waals surface area contributed by atoms with Crippen molar-refractivity contribution in [3.05, 3.63) is 24.3 Å². The van der Waals surface area contributed by atoms with Gasteiger partial charge in [0.15, 0.2) is 6.61 Å². The van der Waals surface area contributed by atoms with Crippen molar-refractivity contribution in [2.75, 3.05) is 52.5 Å². The summed E-state index contributed by atoms with van der Waals surface area (Å²) in [5, 5.41) is 2.83. The summed E-state index contributed by atoms with van der Waals surface area (Å²) in [6.07, 6.45) is 0.877. The van der Waals surface area contributed by atoms with Crippen molar-refractivity contribution in [2.45, 2.75) is 25.2 Å². The Hall–Kier alpha value is -1.68. The Labute approximate surface area is 167 Å². The molecule has 2 rings (SSSR count). The third-order valence-corrected chi connectivity index (χ3v) is 5.70. The lowest BCUT2D eigenvalue weighted by atomic mass is 10.2. The first kappa shape index (κ1) is 22.6. The van der Waals surface area contributed by atoms with Gasteiger partial charge in [0.25, 0.3) is 5.91 Å². The highest BCUT2D eigenvalue weighted by molar-refractivity contribution is 7.89. The summed E-state index contributed by atoms with van der Waals surface area (Å²) in [5.74, 6) is 0.480. The number of sulfonamides is 1. The van der Waals surface area contributed by atoms with E-state index in [2.05, 4.69) is 14.9 Å². The van der Waals surface area contributed by atoms with Gasteiger partial charge in [-0.05, 0) is 43.1 Å². The maximum atomic E-state index is 12.1. The molecule has 1 aliphatic rings. The van der Waals surface area contributed by atoms with Crippen LogP contribution in [0.5, 0.6) is 5.75 Å². The Kier molecular flexibility index (Phi) is 9.17. The molecule has 0 bridgehead atoms. The summed E-state index contributed by atoms with van der Waals surface area (Å²) in [6.45, 7) is 9.11. The fourth-order valence-corrected chi connectivity index (χ4v) is 3.84. The predicted molar refractivity (Wildman–Crippen MR) is 107 cm³/mol. The first-order valence-electron chi connectivity index (χ1n) is 9.66. The molecule has 1 aliphatic heterocycles. The lowest BCUT2D eigenvalue weighted by Gasteiger charge is -2.26. The molecule has 158 valence electrons. The maximum Gasteiger partial charge on any atom is 0.257 e. The minimum atomic E-state index is -3.52. The lowest BCUT2D eigenvalue weighted by Crippen LogP contribution is -2.38. The molecular formula is C19H31N3O5S. The molecule has 28 heavy (non-hydrogen) atoms. The minimum Gasteiger partial charge on any atom is -0.484 e. The molecule has 9 heteroatoms. The smallest absolute Gasteiger partial charge is 0.257 e. The quantitative estimate of drug-likeness (QED) is 0.522. The Morgan fingerprint density at radius 2 is 1.89 bits per heavy atom. The zero-order valence-electron chi connectivity index (χ0n) is 16.6. The van der Waals surface area contributed by atoms with Crippen LogP contribution in [-0.2, 0) is 19.6 Å². The molecule has 0 radical (unpaired) electrons. The second-order valence-corrected chi connectivity index (χ2v) is 8.93. The number of hydrogen-bond donors (Lipinski definition) is 2. The number of nitrogens with zero attached hydrogens (tertiary/aromatic N) is 1. The number of ether oxygens (including phenoxy) is 2. The Morgan fingerprint density at radius 3 is 2.54 bits per heavy atom. The SMILES string of the molecule is CC(C)CNS(=O)(=O)c1ccc(OCC(=O)NCCCN2CCOCC2)cc1. The van der Waals surface area contributed by atoms with E-state index in [1.165, 1.54) is 12.1 Å². The van der Waals surface area contributed by atoms with Gasteiger partial charge >= 0.3 is 0 Å². The molecule has 0 aromatic heterocycles. The zero-order valence-corrected chi connectivity index (χ0v) is 17.5. The van der Waals surface area contributed by atoms with Crippen LogP contribution in [0.2, 0.25) is 0 Å². The van der Waals surface area contributed by atoms with Gasteiger partial charge in [0, 0.05) is 26.2 Å². The molecule has 1 aromatic carbocycles. The molecule has 1 heterocycles. The summed E-state index contributed by atoms with van der Waals surface area (Å²) in [4.78, 5) is 14.4. The topological polar surface area (TPSA) is 97.0 Å². The average molecular weight is 414 g/mol.